The Balaban J connectivity index is 2.08. The fourth-order valence-electron chi connectivity index (χ4n) is 2.61. The molecule has 5 heteroatoms. The molecule has 0 unspecified atom stereocenters. The van der Waals surface area contributed by atoms with Crippen molar-refractivity contribution in [1.29, 1.82) is 5.26 Å². The largest absolute Gasteiger partial charge is 0.494 e. The molecule has 122 valence electrons. The van der Waals surface area contributed by atoms with Crippen LogP contribution in [-0.2, 0) is 6.42 Å². The molecule has 0 saturated heterocycles. The minimum Gasteiger partial charge on any atom is -0.494 e. The predicted molar refractivity (Wildman–Crippen MR) is 98.2 cm³/mol. The molecule has 2 heterocycles. The van der Waals surface area contributed by atoms with Crippen molar-refractivity contribution < 1.29 is 4.74 Å². The monoisotopic (exact) mass is 383 g/mol. The molecule has 4 nitrogen and oxygen atoms in total. The number of nitrogens with zero attached hydrogens (tertiary/aromatic N) is 3. The zero-order valence-corrected chi connectivity index (χ0v) is 15.3. The Bertz CT molecular complexity index is 907. The summed E-state index contributed by atoms with van der Waals surface area (Å²) in [6.45, 7) is 4.82. The van der Waals surface area contributed by atoms with E-state index in [4.69, 9.17) is 9.72 Å². The highest BCUT2D eigenvalue weighted by molar-refractivity contribution is 9.10. The molecule has 0 radical (unpaired) electrons. The van der Waals surface area contributed by atoms with Crippen LogP contribution in [0.1, 0.15) is 24.6 Å². The molecule has 0 amide bonds. The number of pyridine rings is 1. The Morgan fingerprint density at radius 2 is 2.04 bits per heavy atom. The van der Waals surface area contributed by atoms with E-state index in [9.17, 15) is 5.26 Å². The van der Waals surface area contributed by atoms with Crippen LogP contribution in [0.3, 0.4) is 0 Å². The number of aromatic nitrogens is 2. The smallest absolute Gasteiger partial charge is 0.138 e. The van der Waals surface area contributed by atoms with E-state index in [1.54, 1.807) is 0 Å². The molecule has 0 aliphatic carbocycles. The average Bonchev–Trinajstić information content (AvgIpc) is 2.92. The summed E-state index contributed by atoms with van der Waals surface area (Å²) in [6.07, 6.45) is 3.27. The first-order valence-electron chi connectivity index (χ1n) is 7.91. The molecule has 0 aliphatic rings. The van der Waals surface area contributed by atoms with Crippen molar-refractivity contribution in [2.45, 2.75) is 26.7 Å². The van der Waals surface area contributed by atoms with Crippen molar-refractivity contribution in [2.75, 3.05) is 6.61 Å². The number of ether oxygens (including phenoxy) is 1. The fourth-order valence-corrected chi connectivity index (χ4v) is 2.93. The lowest BCUT2D eigenvalue weighted by Crippen LogP contribution is -1.96. The number of hydrogen-bond acceptors (Lipinski definition) is 3. The molecule has 0 aliphatic heterocycles. The Morgan fingerprint density at radius 1 is 1.29 bits per heavy atom. The summed E-state index contributed by atoms with van der Waals surface area (Å²) in [5, 5.41) is 9.21. The van der Waals surface area contributed by atoms with Crippen molar-refractivity contribution in [2.24, 2.45) is 0 Å². The van der Waals surface area contributed by atoms with E-state index in [1.165, 1.54) is 0 Å². The number of aryl methyl sites for hydroxylation is 1. The van der Waals surface area contributed by atoms with E-state index in [0.29, 0.717) is 13.0 Å². The fraction of sp³-hybridized carbons (Fsp3) is 0.263. The zero-order valence-electron chi connectivity index (χ0n) is 13.7. The van der Waals surface area contributed by atoms with Crippen LogP contribution in [0.2, 0.25) is 0 Å². The van der Waals surface area contributed by atoms with Gasteiger partial charge >= 0.3 is 0 Å². The molecule has 3 rings (SSSR count). The average molecular weight is 384 g/mol. The SMILES string of the molecule is CCCOc1ccc(-c2nc3cc(C)c(Br)cn3c2CC#N)cc1. The second-order valence-corrected chi connectivity index (χ2v) is 6.50. The van der Waals surface area contributed by atoms with Crippen LogP contribution in [-0.4, -0.2) is 16.0 Å². The third-order valence-electron chi connectivity index (χ3n) is 3.85. The first-order valence-corrected chi connectivity index (χ1v) is 8.70. The van der Waals surface area contributed by atoms with Crippen molar-refractivity contribution in [1.82, 2.24) is 9.38 Å². The second kappa shape index (κ2) is 7.06. The quantitative estimate of drug-likeness (QED) is 0.627. The highest BCUT2D eigenvalue weighted by Gasteiger charge is 2.15. The molecule has 3 aromatic rings. The second-order valence-electron chi connectivity index (χ2n) is 5.65. The number of benzene rings is 1. The maximum absolute atomic E-state index is 9.21. The van der Waals surface area contributed by atoms with Gasteiger partial charge in [0.15, 0.2) is 0 Å². The molecule has 0 saturated carbocycles. The third kappa shape index (κ3) is 3.15. The number of hydrogen-bond donors (Lipinski definition) is 0. The molecule has 0 N–H and O–H groups in total. The summed E-state index contributed by atoms with van der Waals surface area (Å²) in [5.74, 6) is 0.852. The normalized spacial score (nSPS) is 10.8. The van der Waals surface area contributed by atoms with Gasteiger partial charge in [0.1, 0.15) is 11.4 Å². The molecule has 0 spiro atoms. The minimum atomic E-state index is 0.306. The first-order chi connectivity index (χ1) is 11.6. The van der Waals surface area contributed by atoms with Crippen LogP contribution < -0.4 is 4.74 Å². The Labute approximate surface area is 149 Å². The summed E-state index contributed by atoms with van der Waals surface area (Å²) in [7, 11) is 0. The van der Waals surface area contributed by atoms with Crippen LogP contribution in [0.25, 0.3) is 16.9 Å². The lowest BCUT2D eigenvalue weighted by molar-refractivity contribution is 0.317. The highest BCUT2D eigenvalue weighted by atomic mass is 79.9. The number of halogens is 1. The number of imidazole rings is 1. The molecule has 2 aromatic heterocycles. The van der Waals surface area contributed by atoms with Crippen LogP contribution in [0.15, 0.2) is 41.0 Å². The van der Waals surface area contributed by atoms with Crippen LogP contribution in [0, 0.1) is 18.3 Å². The highest BCUT2D eigenvalue weighted by Crippen LogP contribution is 2.29. The van der Waals surface area contributed by atoms with Gasteiger partial charge in [0.25, 0.3) is 0 Å². The van der Waals surface area contributed by atoms with Gasteiger partial charge in [0.2, 0.25) is 0 Å². The topological polar surface area (TPSA) is 50.3 Å². The van der Waals surface area contributed by atoms with Crippen molar-refractivity contribution in [3.8, 4) is 23.1 Å². The standard InChI is InChI=1S/C19H18BrN3O/c1-3-10-24-15-6-4-14(5-7-15)19-17(8-9-21)23-12-16(20)13(2)11-18(23)22-19/h4-7,11-12H,3,8,10H2,1-2H3. The molecule has 0 atom stereocenters. The van der Waals surface area contributed by atoms with E-state index < -0.39 is 0 Å². The van der Waals surface area contributed by atoms with Crippen molar-refractivity contribution >= 4 is 21.6 Å². The van der Waals surface area contributed by atoms with Gasteiger partial charge < -0.3 is 9.14 Å². The predicted octanol–water partition coefficient (Wildman–Crippen LogP) is 4.93. The van der Waals surface area contributed by atoms with Gasteiger partial charge in [-0.3, -0.25) is 0 Å². The van der Waals surface area contributed by atoms with E-state index in [-0.39, 0.29) is 0 Å². The summed E-state index contributed by atoms with van der Waals surface area (Å²) >= 11 is 3.55. The van der Waals surface area contributed by atoms with Crippen LogP contribution in [0.5, 0.6) is 5.75 Å². The summed E-state index contributed by atoms with van der Waals surface area (Å²) in [4.78, 5) is 4.75. The third-order valence-corrected chi connectivity index (χ3v) is 4.68. The van der Waals surface area contributed by atoms with E-state index in [2.05, 4.69) is 28.9 Å². The van der Waals surface area contributed by atoms with Gasteiger partial charge in [0.05, 0.1) is 30.5 Å². The van der Waals surface area contributed by atoms with Gasteiger partial charge in [-0.25, -0.2) is 4.98 Å². The summed E-state index contributed by atoms with van der Waals surface area (Å²) < 4.78 is 8.61. The van der Waals surface area contributed by atoms with E-state index in [0.717, 1.165) is 44.8 Å². The van der Waals surface area contributed by atoms with Gasteiger partial charge in [-0.15, -0.1) is 0 Å². The molecular formula is C19H18BrN3O. The van der Waals surface area contributed by atoms with Gasteiger partial charge in [0, 0.05) is 16.2 Å². The Hall–Kier alpha value is -2.32. The molecular weight excluding hydrogens is 366 g/mol. The lowest BCUT2D eigenvalue weighted by Gasteiger charge is -2.06. The minimum absolute atomic E-state index is 0.306. The molecule has 1 aromatic carbocycles. The van der Waals surface area contributed by atoms with Gasteiger partial charge in [-0.2, -0.15) is 5.26 Å². The number of rotatable bonds is 5. The van der Waals surface area contributed by atoms with E-state index >= 15 is 0 Å². The van der Waals surface area contributed by atoms with Crippen molar-refractivity contribution in [3.63, 3.8) is 0 Å². The van der Waals surface area contributed by atoms with Gasteiger partial charge in [-0.05, 0) is 65.2 Å². The number of fused-ring (bicyclic) bond motifs is 1. The van der Waals surface area contributed by atoms with Gasteiger partial charge in [-0.1, -0.05) is 6.92 Å². The lowest BCUT2D eigenvalue weighted by atomic mass is 10.1. The van der Waals surface area contributed by atoms with E-state index in [1.807, 2.05) is 47.9 Å². The summed E-state index contributed by atoms with van der Waals surface area (Å²) in [5.41, 5.74) is 4.70. The molecule has 24 heavy (non-hydrogen) atoms. The Morgan fingerprint density at radius 3 is 2.71 bits per heavy atom. The first kappa shape index (κ1) is 16.5. The molecule has 0 bridgehead atoms. The van der Waals surface area contributed by atoms with Crippen molar-refractivity contribution in [3.05, 3.63) is 52.3 Å². The zero-order chi connectivity index (χ0) is 17.1. The summed E-state index contributed by atoms with van der Waals surface area (Å²) in [6, 6.07) is 12.2. The van der Waals surface area contributed by atoms with Crippen LogP contribution in [0.4, 0.5) is 0 Å². The maximum atomic E-state index is 9.21. The number of nitriles is 1. The maximum Gasteiger partial charge on any atom is 0.138 e. The van der Waals surface area contributed by atoms with Crippen LogP contribution >= 0.6 is 15.9 Å². The Kier molecular flexibility index (Phi) is 4.86. The molecule has 0 fully saturated rings.